The summed E-state index contributed by atoms with van der Waals surface area (Å²) in [5, 5.41) is 15.5. The predicted octanol–water partition coefficient (Wildman–Crippen LogP) is 3.17. The highest BCUT2D eigenvalue weighted by Gasteiger charge is 2.13. The standard InChI is InChI=1S/C12H8N2O2S/c15-9-5-2-1-4-8(9)11-13-12(16-14-11)10-6-3-7-17-10/h1-7,15H. The van der Waals surface area contributed by atoms with Gasteiger partial charge in [0, 0.05) is 0 Å². The number of aromatic nitrogens is 2. The van der Waals surface area contributed by atoms with Crippen LogP contribution in [-0.2, 0) is 0 Å². The average molecular weight is 244 g/mol. The summed E-state index contributed by atoms with van der Waals surface area (Å²) in [4.78, 5) is 5.17. The molecule has 0 amide bonds. The molecule has 17 heavy (non-hydrogen) atoms. The Bertz CT molecular complexity index is 632. The number of nitrogens with zero attached hydrogens (tertiary/aromatic N) is 2. The van der Waals surface area contributed by atoms with Crippen LogP contribution in [-0.4, -0.2) is 15.2 Å². The molecular formula is C12H8N2O2S. The molecule has 0 aliphatic carbocycles. The summed E-state index contributed by atoms with van der Waals surface area (Å²) in [5.74, 6) is 1.01. The third-order valence-corrected chi connectivity index (χ3v) is 3.16. The number of phenols is 1. The molecule has 84 valence electrons. The van der Waals surface area contributed by atoms with Crippen molar-refractivity contribution < 1.29 is 9.63 Å². The zero-order valence-corrected chi connectivity index (χ0v) is 9.52. The van der Waals surface area contributed by atoms with Gasteiger partial charge in [0.1, 0.15) is 5.75 Å². The van der Waals surface area contributed by atoms with Crippen LogP contribution in [0.2, 0.25) is 0 Å². The summed E-state index contributed by atoms with van der Waals surface area (Å²) in [6.07, 6.45) is 0. The van der Waals surface area contributed by atoms with E-state index >= 15 is 0 Å². The molecule has 3 aromatic rings. The van der Waals surface area contributed by atoms with E-state index in [1.165, 1.54) is 11.3 Å². The van der Waals surface area contributed by atoms with Crippen molar-refractivity contribution in [1.29, 1.82) is 0 Å². The fourth-order valence-electron chi connectivity index (χ4n) is 1.50. The zero-order chi connectivity index (χ0) is 11.7. The molecule has 0 aliphatic rings. The first-order valence-corrected chi connectivity index (χ1v) is 5.88. The van der Waals surface area contributed by atoms with Crippen molar-refractivity contribution in [3.63, 3.8) is 0 Å². The molecule has 2 heterocycles. The topological polar surface area (TPSA) is 59.2 Å². The summed E-state index contributed by atoms with van der Waals surface area (Å²) in [6, 6.07) is 10.7. The van der Waals surface area contributed by atoms with E-state index in [0.717, 1.165) is 4.88 Å². The highest BCUT2D eigenvalue weighted by molar-refractivity contribution is 7.13. The molecule has 0 saturated carbocycles. The Morgan fingerprint density at radius 2 is 2.00 bits per heavy atom. The molecule has 5 heteroatoms. The van der Waals surface area contributed by atoms with E-state index < -0.39 is 0 Å². The van der Waals surface area contributed by atoms with Crippen LogP contribution in [0.4, 0.5) is 0 Å². The zero-order valence-electron chi connectivity index (χ0n) is 8.70. The third kappa shape index (κ3) is 1.81. The van der Waals surface area contributed by atoms with Gasteiger partial charge in [-0.25, -0.2) is 0 Å². The van der Waals surface area contributed by atoms with E-state index in [9.17, 15) is 5.11 Å². The van der Waals surface area contributed by atoms with Crippen LogP contribution in [0.5, 0.6) is 5.75 Å². The second-order valence-electron chi connectivity index (χ2n) is 3.42. The van der Waals surface area contributed by atoms with E-state index in [0.29, 0.717) is 17.3 Å². The number of benzene rings is 1. The fourth-order valence-corrected chi connectivity index (χ4v) is 2.14. The van der Waals surface area contributed by atoms with Gasteiger partial charge in [0.2, 0.25) is 5.82 Å². The third-order valence-electron chi connectivity index (χ3n) is 2.30. The van der Waals surface area contributed by atoms with Crippen molar-refractivity contribution >= 4 is 11.3 Å². The Morgan fingerprint density at radius 1 is 1.12 bits per heavy atom. The lowest BCUT2D eigenvalue weighted by atomic mass is 10.2. The Hall–Kier alpha value is -2.14. The normalized spacial score (nSPS) is 10.6. The molecule has 4 nitrogen and oxygen atoms in total. The predicted molar refractivity (Wildman–Crippen MR) is 64.7 cm³/mol. The molecule has 1 aromatic carbocycles. The van der Waals surface area contributed by atoms with Crippen molar-refractivity contribution in [1.82, 2.24) is 10.1 Å². The summed E-state index contributed by atoms with van der Waals surface area (Å²) < 4.78 is 5.16. The van der Waals surface area contributed by atoms with E-state index in [4.69, 9.17) is 4.52 Å². The summed E-state index contributed by atoms with van der Waals surface area (Å²) in [5.41, 5.74) is 0.569. The Kier molecular flexibility index (Phi) is 2.38. The van der Waals surface area contributed by atoms with Crippen molar-refractivity contribution in [2.24, 2.45) is 0 Å². The Morgan fingerprint density at radius 3 is 2.76 bits per heavy atom. The highest BCUT2D eigenvalue weighted by atomic mass is 32.1. The van der Waals surface area contributed by atoms with E-state index in [1.807, 2.05) is 23.6 Å². The van der Waals surface area contributed by atoms with Crippen molar-refractivity contribution in [2.75, 3.05) is 0 Å². The maximum Gasteiger partial charge on any atom is 0.268 e. The molecule has 1 N–H and O–H groups in total. The lowest BCUT2D eigenvalue weighted by Crippen LogP contribution is -1.81. The minimum atomic E-state index is 0.144. The minimum Gasteiger partial charge on any atom is -0.507 e. The number of para-hydroxylation sites is 1. The Balaban J connectivity index is 2.04. The van der Waals surface area contributed by atoms with Crippen molar-refractivity contribution in [2.45, 2.75) is 0 Å². The van der Waals surface area contributed by atoms with Gasteiger partial charge in [-0.3, -0.25) is 0 Å². The van der Waals surface area contributed by atoms with Gasteiger partial charge in [-0.15, -0.1) is 11.3 Å². The van der Waals surface area contributed by atoms with Gasteiger partial charge in [-0.1, -0.05) is 23.4 Å². The lowest BCUT2D eigenvalue weighted by molar-refractivity contribution is 0.432. The molecule has 3 rings (SSSR count). The summed E-state index contributed by atoms with van der Waals surface area (Å²) >= 11 is 1.53. The van der Waals surface area contributed by atoms with Crippen LogP contribution in [0.3, 0.4) is 0 Å². The van der Waals surface area contributed by atoms with Gasteiger partial charge in [-0.05, 0) is 23.6 Å². The molecule has 0 radical (unpaired) electrons. The molecule has 0 spiro atoms. The number of hydrogen-bond acceptors (Lipinski definition) is 5. The van der Waals surface area contributed by atoms with Crippen LogP contribution >= 0.6 is 11.3 Å². The quantitative estimate of drug-likeness (QED) is 0.752. The van der Waals surface area contributed by atoms with E-state index in [1.54, 1.807) is 18.2 Å². The van der Waals surface area contributed by atoms with Gasteiger partial charge in [0.05, 0.1) is 10.4 Å². The molecule has 0 aliphatic heterocycles. The largest absolute Gasteiger partial charge is 0.507 e. The first-order chi connectivity index (χ1) is 8.34. The number of rotatable bonds is 2. The second-order valence-corrected chi connectivity index (χ2v) is 4.37. The number of aromatic hydroxyl groups is 1. The van der Waals surface area contributed by atoms with Gasteiger partial charge in [-0.2, -0.15) is 4.98 Å². The summed E-state index contributed by atoms with van der Waals surface area (Å²) in [7, 11) is 0. The SMILES string of the molecule is Oc1ccccc1-c1noc(-c2cccs2)n1. The van der Waals surface area contributed by atoms with Gasteiger partial charge < -0.3 is 9.63 Å². The number of phenolic OH excluding ortho intramolecular Hbond substituents is 1. The average Bonchev–Trinajstić information content (AvgIpc) is 3.00. The molecule has 0 atom stereocenters. The molecule has 0 unspecified atom stereocenters. The number of thiophene rings is 1. The molecular weight excluding hydrogens is 236 g/mol. The van der Waals surface area contributed by atoms with E-state index in [2.05, 4.69) is 10.1 Å². The first-order valence-electron chi connectivity index (χ1n) is 5.00. The fraction of sp³-hybridized carbons (Fsp3) is 0. The van der Waals surface area contributed by atoms with Gasteiger partial charge in [0.15, 0.2) is 0 Å². The summed E-state index contributed by atoms with van der Waals surface area (Å²) in [6.45, 7) is 0. The molecule has 0 bridgehead atoms. The Labute approximate surface area is 101 Å². The smallest absolute Gasteiger partial charge is 0.268 e. The van der Waals surface area contributed by atoms with Gasteiger partial charge in [0.25, 0.3) is 5.89 Å². The van der Waals surface area contributed by atoms with Crippen molar-refractivity contribution in [3.8, 4) is 27.9 Å². The van der Waals surface area contributed by atoms with Gasteiger partial charge >= 0.3 is 0 Å². The molecule has 0 fully saturated rings. The van der Waals surface area contributed by atoms with E-state index in [-0.39, 0.29) is 5.75 Å². The lowest BCUT2D eigenvalue weighted by Gasteiger charge is -1.96. The minimum absolute atomic E-state index is 0.144. The van der Waals surface area contributed by atoms with Crippen LogP contribution < -0.4 is 0 Å². The molecule has 2 aromatic heterocycles. The van der Waals surface area contributed by atoms with Crippen LogP contribution in [0.15, 0.2) is 46.3 Å². The van der Waals surface area contributed by atoms with Crippen molar-refractivity contribution in [3.05, 3.63) is 41.8 Å². The number of hydrogen-bond donors (Lipinski definition) is 1. The van der Waals surface area contributed by atoms with Crippen LogP contribution in [0.25, 0.3) is 22.2 Å². The maximum atomic E-state index is 9.68. The van der Waals surface area contributed by atoms with Crippen LogP contribution in [0, 0.1) is 0 Å². The second kappa shape index (κ2) is 4.03. The maximum absolute atomic E-state index is 9.68. The highest BCUT2D eigenvalue weighted by Crippen LogP contribution is 2.29. The molecule has 0 saturated heterocycles. The first kappa shape index (κ1) is 10.0. The monoisotopic (exact) mass is 244 g/mol. The van der Waals surface area contributed by atoms with Crippen LogP contribution in [0.1, 0.15) is 0 Å².